The van der Waals surface area contributed by atoms with Crippen molar-refractivity contribution in [3.8, 4) is 11.4 Å². The SMILES string of the molecule is CCCCn1c(-c2csc3c2CC[C@H](C(C)(C)C)C3)n[nH]c1=S. The van der Waals surface area contributed by atoms with Crippen molar-refractivity contribution in [3.05, 3.63) is 20.6 Å². The summed E-state index contributed by atoms with van der Waals surface area (Å²) in [4.78, 5) is 1.56. The van der Waals surface area contributed by atoms with Crippen LogP contribution >= 0.6 is 23.6 Å². The van der Waals surface area contributed by atoms with E-state index >= 15 is 0 Å². The van der Waals surface area contributed by atoms with E-state index in [-0.39, 0.29) is 0 Å². The van der Waals surface area contributed by atoms with Crippen molar-refractivity contribution >= 4 is 23.6 Å². The minimum atomic E-state index is 0.392. The molecule has 2 heterocycles. The fraction of sp³-hybridized carbons (Fsp3) is 0.667. The number of thiophene rings is 1. The van der Waals surface area contributed by atoms with E-state index in [4.69, 9.17) is 12.2 Å². The van der Waals surface area contributed by atoms with Crippen LogP contribution in [0.1, 0.15) is 57.4 Å². The van der Waals surface area contributed by atoms with Gasteiger partial charge in [-0.3, -0.25) is 5.10 Å². The van der Waals surface area contributed by atoms with Gasteiger partial charge in [-0.1, -0.05) is 34.1 Å². The van der Waals surface area contributed by atoms with Crippen molar-refractivity contribution in [1.29, 1.82) is 0 Å². The molecule has 0 amide bonds. The van der Waals surface area contributed by atoms with Gasteiger partial charge in [0.2, 0.25) is 0 Å². The number of unbranched alkanes of at least 4 members (excludes halogenated alkanes) is 1. The Morgan fingerprint density at radius 2 is 2.22 bits per heavy atom. The zero-order valence-electron chi connectivity index (χ0n) is 14.6. The molecule has 1 aliphatic rings. The van der Waals surface area contributed by atoms with Gasteiger partial charge in [0, 0.05) is 22.4 Å². The maximum Gasteiger partial charge on any atom is 0.195 e. The monoisotopic (exact) mass is 349 g/mol. The Hall–Kier alpha value is -0.940. The van der Waals surface area contributed by atoms with Gasteiger partial charge in [0.15, 0.2) is 10.6 Å². The molecule has 23 heavy (non-hydrogen) atoms. The third kappa shape index (κ3) is 3.31. The van der Waals surface area contributed by atoms with Gasteiger partial charge in [0.1, 0.15) is 0 Å². The third-order valence-electron chi connectivity index (χ3n) is 5.11. The molecule has 0 aromatic carbocycles. The Morgan fingerprint density at radius 3 is 2.91 bits per heavy atom. The first-order valence-corrected chi connectivity index (χ1v) is 9.95. The maximum atomic E-state index is 5.43. The molecule has 2 aromatic heterocycles. The van der Waals surface area contributed by atoms with E-state index in [0.717, 1.165) is 29.5 Å². The number of aromatic nitrogens is 3. The van der Waals surface area contributed by atoms with Crippen LogP contribution in [0.2, 0.25) is 0 Å². The van der Waals surface area contributed by atoms with E-state index in [0.29, 0.717) is 5.41 Å². The van der Waals surface area contributed by atoms with Crippen LogP contribution in [0, 0.1) is 16.1 Å². The van der Waals surface area contributed by atoms with Crippen molar-refractivity contribution in [2.24, 2.45) is 11.3 Å². The second-order valence-corrected chi connectivity index (χ2v) is 9.07. The van der Waals surface area contributed by atoms with Crippen molar-refractivity contribution in [2.75, 3.05) is 0 Å². The summed E-state index contributed by atoms with van der Waals surface area (Å²) in [5.74, 6) is 1.82. The molecule has 0 saturated heterocycles. The Balaban J connectivity index is 1.93. The van der Waals surface area contributed by atoms with Crippen molar-refractivity contribution < 1.29 is 0 Å². The minimum Gasteiger partial charge on any atom is -0.300 e. The van der Waals surface area contributed by atoms with Crippen LogP contribution in [0.25, 0.3) is 11.4 Å². The Bertz CT molecular complexity index is 730. The molecule has 0 bridgehead atoms. The van der Waals surface area contributed by atoms with E-state index in [1.165, 1.54) is 36.8 Å². The molecule has 3 nitrogen and oxygen atoms in total. The molecule has 5 heteroatoms. The van der Waals surface area contributed by atoms with Crippen molar-refractivity contribution in [3.63, 3.8) is 0 Å². The molecule has 0 spiro atoms. The number of fused-ring (bicyclic) bond motifs is 1. The first-order chi connectivity index (χ1) is 10.9. The number of hydrogen-bond acceptors (Lipinski definition) is 3. The maximum absolute atomic E-state index is 5.43. The zero-order chi connectivity index (χ0) is 16.6. The Labute approximate surface area is 148 Å². The van der Waals surface area contributed by atoms with Gasteiger partial charge in [-0.2, -0.15) is 5.10 Å². The fourth-order valence-corrected chi connectivity index (χ4v) is 4.87. The second kappa shape index (κ2) is 6.52. The summed E-state index contributed by atoms with van der Waals surface area (Å²) < 4.78 is 2.92. The molecule has 0 unspecified atom stereocenters. The van der Waals surface area contributed by atoms with E-state index < -0.39 is 0 Å². The molecule has 0 aliphatic heterocycles. The standard InChI is InChI=1S/C18H27N3S2/c1-5-6-9-21-16(19-20-17(21)22)14-11-23-15-10-12(18(2,3)4)7-8-13(14)15/h11-12H,5-10H2,1-4H3,(H,20,22)/t12-/m0/s1. The average molecular weight is 350 g/mol. The summed E-state index contributed by atoms with van der Waals surface area (Å²) in [6, 6.07) is 0. The number of rotatable bonds is 4. The fourth-order valence-electron chi connectivity index (χ4n) is 3.49. The molecular weight excluding hydrogens is 322 g/mol. The van der Waals surface area contributed by atoms with Gasteiger partial charge in [-0.05, 0) is 54.8 Å². The van der Waals surface area contributed by atoms with Gasteiger partial charge in [0.25, 0.3) is 0 Å². The van der Waals surface area contributed by atoms with Gasteiger partial charge in [0.05, 0.1) is 0 Å². The lowest BCUT2D eigenvalue weighted by atomic mass is 9.72. The van der Waals surface area contributed by atoms with Crippen LogP contribution in [-0.2, 0) is 19.4 Å². The third-order valence-corrected chi connectivity index (χ3v) is 6.48. The van der Waals surface area contributed by atoms with Gasteiger partial charge in [-0.25, -0.2) is 0 Å². The Morgan fingerprint density at radius 1 is 1.43 bits per heavy atom. The van der Waals surface area contributed by atoms with Gasteiger partial charge in [-0.15, -0.1) is 11.3 Å². The van der Waals surface area contributed by atoms with Crippen molar-refractivity contribution in [1.82, 2.24) is 14.8 Å². The van der Waals surface area contributed by atoms with Crippen LogP contribution in [0.5, 0.6) is 0 Å². The van der Waals surface area contributed by atoms with Crippen LogP contribution in [0.3, 0.4) is 0 Å². The van der Waals surface area contributed by atoms with Crippen LogP contribution < -0.4 is 0 Å². The number of H-pyrrole nitrogens is 1. The largest absolute Gasteiger partial charge is 0.300 e. The highest BCUT2D eigenvalue weighted by molar-refractivity contribution is 7.71. The topological polar surface area (TPSA) is 33.6 Å². The molecule has 1 atom stereocenters. The predicted octanol–water partition coefficient (Wildman–Crippen LogP) is 5.62. The second-order valence-electron chi connectivity index (χ2n) is 7.71. The highest BCUT2D eigenvalue weighted by Crippen LogP contribution is 2.42. The molecule has 126 valence electrons. The summed E-state index contributed by atoms with van der Waals surface area (Å²) in [5.41, 5.74) is 3.21. The average Bonchev–Trinajstić information content (AvgIpc) is 3.07. The minimum absolute atomic E-state index is 0.392. The summed E-state index contributed by atoms with van der Waals surface area (Å²) >= 11 is 7.34. The highest BCUT2D eigenvalue weighted by atomic mass is 32.1. The molecule has 0 radical (unpaired) electrons. The molecule has 0 fully saturated rings. The molecular formula is C18H27N3S2. The number of hydrogen-bond donors (Lipinski definition) is 1. The van der Waals surface area contributed by atoms with Crippen LogP contribution in [-0.4, -0.2) is 14.8 Å². The lowest BCUT2D eigenvalue weighted by Crippen LogP contribution is -2.26. The van der Waals surface area contributed by atoms with E-state index in [1.54, 1.807) is 4.88 Å². The quantitative estimate of drug-likeness (QED) is 0.727. The number of nitrogens with zero attached hydrogens (tertiary/aromatic N) is 2. The molecule has 2 aromatic rings. The van der Waals surface area contributed by atoms with E-state index in [9.17, 15) is 0 Å². The number of nitrogens with one attached hydrogen (secondary N) is 1. The van der Waals surface area contributed by atoms with E-state index in [2.05, 4.69) is 47.8 Å². The number of aromatic amines is 1. The first-order valence-electron chi connectivity index (χ1n) is 8.66. The van der Waals surface area contributed by atoms with Crippen molar-refractivity contribution in [2.45, 2.75) is 66.3 Å². The predicted molar refractivity (Wildman–Crippen MR) is 101 cm³/mol. The lowest BCUT2D eigenvalue weighted by molar-refractivity contribution is 0.218. The summed E-state index contributed by atoms with van der Waals surface area (Å²) in [6.07, 6.45) is 5.97. The van der Waals surface area contributed by atoms with Gasteiger partial charge >= 0.3 is 0 Å². The summed E-state index contributed by atoms with van der Waals surface area (Å²) in [7, 11) is 0. The Kier molecular flexibility index (Phi) is 4.79. The van der Waals surface area contributed by atoms with E-state index in [1.807, 2.05) is 11.3 Å². The smallest absolute Gasteiger partial charge is 0.195 e. The first kappa shape index (κ1) is 16.9. The van der Waals surface area contributed by atoms with Crippen LogP contribution in [0.4, 0.5) is 0 Å². The molecule has 3 rings (SSSR count). The highest BCUT2D eigenvalue weighted by Gasteiger charge is 2.31. The lowest BCUT2D eigenvalue weighted by Gasteiger charge is -2.34. The molecule has 0 saturated carbocycles. The van der Waals surface area contributed by atoms with Gasteiger partial charge < -0.3 is 4.57 Å². The van der Waals surface area contributed by atoms with Crippen LogP contribution in [0.15, 0.2) is 5.38 Å². The molecule has 1 aliphatic carbocycles. The molecule has 1 N–H and O–H groups in total. The summed E-state index contributed by atoms with van der Waals surface area (Å²) in [6.45, 7) is 10.3. The normalized spacial score (nSPS) is 18.2. The summed E-state index contributed by atoms with van der Waals surface area (Å²) in [5, 5.41) is 9.83. The zero-order valence-corrected chi connectivity index (χ0v) is 16.2.